The standard InChI is InChI=1S/C12H16ClNO3S/c13-10-3-1-2-9(4-10)7-18-8-12(17)14-5-11(16)6-15/h1-4,11,15-16H,5-8H2,(H,14,17). The van der Waals surface area contributed by atoms with Crippen molar-refractivity contribution in [2.45, 2.75) is 11.9 Å². The minimum Gasteiger partial charge on any atom is -0.394 e. The van der Waals surface area contributed by atoms with Crippen molar-refractivity contribution in [3.8, 4) is 0 Å². The van der Waals surface area contributed by atoms with Crippen LogP contribution in [0.2, 0.25) is 5.02 Å². The third-order valence-electron chi connectivity index (χ3n) is 2.14. The highest BCUT2D eigenvalue weighted by molar-refractivity contribution is 7.99. The third kappa shape index (κ3) is 6.26. The van der Waals surface area contributed by atoms with E-state index in [2.05, 4.69) is 5.32 Å². The molecular weight excluding hydrogens is 274 g/mol. The van der Waals surface area contributed by atoms with Gasteiger partial charge in [0.15, 0.2) is 0 Å². The van der Waals surface area contributed by atoms with E-state index in [1.807, 2.05) is 18.2 Å². The number of benzene rings is 1. The van der Waals surface area contributed by atoms with Crippen molar-refractivity contribution in [2.75, 3.05) is 18.9 Å². The van der Waals surface area contributed by atoms with Gasteiger partial charge in [-0.2, -0.15) is 0 Å². The molecule has 1 atom stereocenters. The van der Waals surface area contributed by atoms with Crippen molar-refractivity contribution >= 4 is 29.3 Å². The van der Waals surface area contributed by atoms with Gasteiger partial charge in [-0.15, -0.1) is 11.8 Å². The van der Waals surface area contributed by atoms with Crippen molar-refractivity contribution in [1.29, 1.82) is 0 Å². The molecule has 0 bridgehead atoms. The average Bonchev–Trinajstić information content (AvgIpc) is 2.36. The second kappa shape index (κ2) is 8.37. The van der Waals surface area contributed by atoms with Gasteiger partial charge >= 0.3 is 0 Å². The van der Waals surface area contributed by atoms with Crippen LogP contribution in [-0.4, -0.2) is 41.1 Å². The molecule has 1 aromatic rings. The summed E-state index contributed by atoms with van der Waals surface area (Å²) >= 11 is 7.31. The van der Waals surface area contributed by atoms with E-state index in [4.69, 9.17) is 21.8 Å². The van der Waals surface area contributed by atoms with Crippen LogP contribution in [0.1, 0.15) is 5.56 Å². The molecule has 3 N–H and O–H groups in total. The van der Waals surface area contributed by atoms with Crippen LogP contribution in [0.3, 0.4) is 0 Å². The molecule has 0 aliphatic heterocycles. The van der Waals surface area contributed by atoms with Gasteiger partial charge < -0.3 is 15.5 Å². The largest absolute Gasteiger partial charge is 0.394 e. The van der Waals surface area contributed by atoms with Gasteiger partial charge in [-0.3, -0.25) is 4.79 Å². The summed E-state index contributed by atoms with van der Waals surface area (Å²) in [6, 6.07) is 7.49. The van der Waals surface area contributed by atoms with Crippen LogP contribution in [0.15, 0.2) is 24.3 Å². The smallest absolute Gasteiger partial charge is 0.230 e. The SMILES string of the molecule is O=C(CSCc1cccc(Cl)c1)NCC(O)CO. The van der Waals surface area contributed by atoms with Crippen LogP contribution >= 0.6 is 23.4 Å². The number of nitrogens with one attached hydrogen (secondary N) is 1. The molecule has 1 rings (SSSR count). The molecule has 4 nitrogen and oxygen atoms in total. The Morgan fingerprint density at radius 2 is 2.28 bits per heavy atom. The van der Waals surface area contributed by atoms with Crippen LogP contribution in [0, 0.1) is 0 Å². The Kier molecular flexibility index (Phi) is 7.12. The van der Waals surface area contributed by atoms with Crippen molar-refractivity contribution in [3.05, 3.63) is 34.9 Å². The highest BCUT2D eigenvalue weighted by Crippen LogP contribution is 2.16. The monoisotopic (exact) mass is 289 g/mol. The first-order chi connectivity index (χ1) is 8.61. The fourth-order valence-electron chi connectivity index (χ4n) is 1.24. The summed E-state index contributed by atoms with van der Waals surface area (Å²) in [6.07, 6.45) is -0.896. The van der Waals surface area contributed by atoms with Crippen molar-refractivity contribution in [1.82, 2.24) is 5.32 Å². The zero-order chi connectivity index (χ0) is 13.4. The average molecular weight is 290 g/mol. The van der Waals surface area contributed by atoms with Crippen molar-refractivity contribution < 1.29 is 15.0 Å². The maximum Gasteiger partial charge on any atom is 0.230 e. The number of hydrogen-bond donors (Lipinski definition) is 3. The second-order valence-corrected chi connectivity index (χ2v) is 5.19. The van der Waals surface area contributed by atoms with Gasteiger partial charge in [0.05, 0.1) is 18.5 Å². The molecule has 0 aliphatic carbocycles. The molecule has 6 heteroatoms. The van der Waals surface area contributed by atoms with Crippen LogP contribution in [-0.2, 0) is 10.5 Å². The van der Waals surface area contributed by atoms with Gasteiger partial charge in [-0.05, 0) is 17.7 Å². The van der Waals surface area contributed by atoms with E-state index < -0.39 is 6.10 Å². The number of hydrogen-bond acceptors (Lipinski definition) is 4. The molecule has 0 heterocycles. The fourth-order valence-corrected chi connectivity index (χ4v) is 2.25. The van der Waals surface area contributed by atoms with Crippen LogP contribution in [0.4, 0.5) is 0 Å². The van der Waals surface area contributed by atoms with Crippen LogP contribution in [0.5, 0.6) is 0 Å². The molecule has 1 amide bonds. The van der Waals surface area contributed by atoms with Gasteiger partial charge in [0.1, 0.15) is 0 Å². The van der Waals surface area contributed by atoms with Gasteiger partial charge in [0.2, 0.25) is 5.91 Å². The Morgan fingerprint density at radius 1 is 1.50 bits per heavy atom. The van der Waals surface area contributed by atoms with Gasteiger partial charge in [0.25, 0.3) is 0 Å². The molecule has 100 valence electrons. The van der Waals surface area contributed by atoms with Crippen LogP contribution in [0.25, 0.3) is 0 Å². The summed E-state index contributed by atoms with van der Waals surface area (Å²) < 4.78 is 0. The highest BCUT2D eigenvalue weighted by Gasteiger charge is 2.05. The zero-order valence-corrected chi connectivity index (χ0v) is 11.4. The predicted octanol–water partition coefficient (Wildman–Crippen LogP) is 1.04. The second-order valence-electron chi connectivity index (χ2n) is 3.76. The first-order valence-electron chi connectivity index (χ1n) is 5.49. The number of carbonyl (C=O) groups excluding carboxylic acids is 1. The minimum absolute atomic E-state index is 0.0764. The normalized spacial score (nSPS) is 12.2. The van der Waals surface area contributed by atoms with E-state index in [1.54, 1.807) is 6.07 Å². The number of aliphatic hydroxyl groups excluding tert-OH is 2. The molecule has 0 aliphatic rings. The lowest BCUT2D eigenvalue weighted by atomic mass is 10.2. The number of halogens is 1. The molecule has 18 heavy (non-hydrogen) atoms. The maximum atomic E-state index is 11.4. The summed E-state index contributed by atoms with van der Waals surface area (Å²) in [5.74, 6) is 0.857. The quantitative estimate of drug-likeness (QED) is 0.702. The first kappa shape index (κ1) is 15.3. The Labute approximate surface area is 115 Å². The minimum atomic E-state index is -0.896. The lowest BCUT2D eigenvalue weighted by Crippen LogP contribution is -2.34. The lowest BCUT2D eigenvalue weighted by Gasteiger charge is -2.08. The summed E-state index contributed by atoms with van der Waals surface area (Å²) in [5.41, 5.74) is 1.07. The van der Waals surface area contributed by atoms with E-state index in [9.17, 15) is 4.79 Å². The number of thioether (sulfide) groups is 1. The Balaban J connectivity index is 2.19. The van der Waals surface area contributed by atoms with E-state index in [0.29, 0.717) is 16.5 Å². The van der Waals surface area contributed by atoms with E-state index in [1.165, 1.54) is 11.8 Å². The molecule has 1 aromatic carbocycles. The van der Waals surface area contributed by atoms with Gasteiger partial charge in [-0.1, -0.05) is 23.7 Å². The molecule has 0 aromatic heterocycles. The Morgan fingerprint density at radius 3 is 2.94 bits per heavy atom. The number of aliphatic hydroxyl groups is 2. The van der Waals surface area contributed by atoms with E-state index in [-0.39, 0.29) is 19.1 Å². The summed E-state index contributed by atoms with van der Waals surface area (Å²) in [7, 11) is 0. The summed E-state index contributed by atoms with van der Waals surface area (Å²) in [6.45, 7) is -0.275. The summed E-state index contributed by atoms with van der Waals surface area (Å²) in [5, 5.41) is 20.9. The van der Waals surface area contributed by atoms with Crippen molar-refractivity contribution in [3.63, 3.8) is 0 Å². The molecule has 0 saturated carbocycles. The maximum absolute atomic E-state index is 11.4. The van der Waals surface area contributed by atoms with Gasteiger partial charge in [-0.25, -0.2) is 0 Å². The highest BCUT2D eigenvalue weighted by atomic mass is 35.5. The Bertz CT molecular complexity index is 389. The summed E-state index contributed by atoms with van der Waals surface area (Å²) in [4.78, 5) is 11.4. The van der Waals surface area contributed by atoms with Crippen LogP contribution < -0.4 is 5.32 Å². The van der Waals surface area contributed by atoms with E-state index in [0.717, 1.165) is 5.56 Å². The first-order valence-corrected chi connectivity index (χ1v) is 7.03. The third-order valence-corrected chi connectivity index (χ3v) is 3.38. The predicted molar refractivity (Wildman–Crippen MR) is 73.7 cm³/mol. The molecule has 0 fully saturated rings. The number of rotatable bonds is 7. The van der Waals surface area contributed by atoms with E-state index >= 15 is 0 Å². The van der Waals surface area contributed by atoms with Crippen molar-refractivity contribution in [2.24, 2.45) is 0 Å². The number of carbonyl (C=O) groups is 1. The Hall–Kier alpha value is -0.750. The molecule has 0 saturated heterocycles. The topological polar surface area (TPSA) is 69.6 Å². The molecule has 0 radical (unpaired) electrons. The number of amides is 1. The molecular formula is C12H16ClNO3S. The molecule has 1 unspecified atom stereocenters. The van der Waals surface area contributed by atoms with Gasteiger partial charge in [0, 0.05) is 17.3 Å². The lowest BCUT2D eigenvalue weighted by molar-refractivity contribution is -0.119. The molecule has 0 spiro atoms. The zero-order valence-electron chi connectivity index (χ0n) is 9.80. The fraction of sp³-hybridized carbons (Fsp3) is 0.417.